The van der Waals surface area contributed by atoms with E-state index in [9.17, 15) is 18.4 Å². The first-order valence-electron chi connectivity index (χ1n) is 8.84. The van der Waals surface area contributed by atoms with Crippen molar-refractivity contribution >= 4 is 50.7 Å². The number of para-hydroxylation sites is 1. The highest BCUT2D eigenvalue weighted by Crippen LogP contribution is 2.31. The maximum Gasteiger partial charge on any atom is 0.306 e. The standard InChI is InChI=1S/C20H17ClF2N2O3S/c1-2-28-19(27)8-7-18(26)25(16-6-4-3-5-13(16)21)11-17-24-15-10-12(22)9-14(23)20(15)29-17/h3-6,9-10H,2,7-8,11H2,1H3. The molecule has 2 aromatic carbocycles. The number of fused-ring (bicyclic) bond motifs is 1. The fourth-order valence-corrected chi connectivity index (χ4v) is 3.94. The number of thiazole rings is 1. The number of hydrogen-bond acceptors (Lipinski definition) is 5. The number of ether oxygens (including phenoxy) is 1. The summed E-state index contributed by atoms with van der Waals surface area (Å²) in [5.74, 6) is -2.27. The number of benzene rings is 2. The minimum atomic E-state index is -0.722. The molecule has 3 aromatic rings. The molecule has 9 heteroatoms. The second-order valence-electron chi connectivity index (χ2n) is 6.08. The summed E-state index contributed by atoms with van der Waals surface area (Å²) in [7, 11) is 0. The van der Waals surface area contributed by atoms with E-state index in [0.717, 1.165) is 23.5 Å². The van der Waals surface area contributed by atoms with Crippen LogP contribution in [-0.2, 0) is 20.9 Å². The first-order chi connectivity index (χ1) is 13.9. The number of aromatic nitrogens is 1. The topological polar surface area (TPSA) is 59.5 Å². The average molecular weight is 439 g/mol. The lowest BCUT2D eigenvalue weighted by Crippen LogP contribution is -2.31. The van der Waals surface area contributed by atoms with Crippen molar-refractivity contribution in [2.24, 2.45) is 0 Å². The van der Waals surface area contributed by atoms with Crippen molar-refractivity contribution in [1.29, 1.82) is 0 Å². The second-order valence-corrected chi connectivity index (χ2v) is 7.57. The van der Waals surface area contributed by atoms with Crippen LogP contribution in [-0.4, -0.2) is 23.5 Å². The minimum Gasteiger partial charge on any atom is -0.466 e. The Bertz CT molecular complexity index is 1060. The zero-order chi connectivity index (χ0) is 21.0. The first-order valence-corrected chi connectivity index (χ1v) is 10.0. The predicted molar refractivity (Wildman–Crippen MR) is 108 cm³/mol. The number of carbonyl (C=O) groups excluding carboxylic acids is 2. The van der Waals surface area contributed by atoms with Crippen molar-refractivity contribution in [2.45, 2.75) is 26.3 Å². The minimum absolute atomic E-state index is 0.00575. The molecule has 5 nitrogen and oxygen atoms in total. The molecule has 1 aromatic heterocycles. The number of amides is 1. The maximum absolute atomic E-state index is 14.0. The number of carbonyl (C=O) groups is 2. The summed E-state index contributed by atoms with van der Waals surface area (Å²) >= 11 is 7.28. The Morgan fingerprint density at radius 2 is 1.97 bits per heavy atom. The molecule has 29 heavy (non-hydrogen) atoms. The predicted octanol–water partition coefficient (Wildman–Crippen LogP) is 5.10. The van der Waals surface area contributed by atoms with Gasteiger partial charge in [0, 0.05) is 18.6 Å². The van der Waals surface area contributed by atoms with Gasteiger partial charge in [0.2, 0.25) is 5.91 Å². The van der Waals surface area contributed by atoms with Crippen LogP contribution in [0.1, 0.15) is 24.8 Å². The van der Waals surface area contributed by atoms with Crippen LogP contribution in [0.4, 0.5) is 14.5 Å². The van der Waals surface area contributed by atoms with Gasteiger partial charge in [0.15, 0.2) is 0 Å². The van der Waals surface area contributed by atoms with E-state index in [2.05, 4.69) is 4.98 Å². The number of nitrogens with zero attached hydrogens (tertiary/aromatic N) is 2. The normalized spacial score (nSPS) is 10.9. The lowest BCUT2D eigenvalue weighted by molar-refractivity contribution is -0.144. The molecule has 0 saturated carbocycles. The summed E-state index contributed by atoms with van der Waals surface area (Å²) in [6.07, 6.45) is -0.161. The van der Waals surface area contributed by atoms with Crippen molar-refractivity contribution in [2.75, 3.05) is 11.5 Å². The molecule has 0 radical (unpaired) electrons. The molecule has 0 fully saturated rings. The molecule has 0 aliphatic rings. The fraction of sp³-hybridized carbons (Fsp3) is 0.250. The molecule has 0 bridgehead atoms. The molecule has 0 atom stereocenters. The number of hydrogen-bond donors (Lipinski definition) is 0. The SMILES string of the molecule is CCOC(=O)CCC(=O)N(Cc1nc2cc(F)cc(F)c2s1)c1ccccc1Cl. The molecule has 1 heterocycles. The highest BCUT2D eigenvalue weighted by Gasteiger charge is 2.22. The van der Waals surface area contributed by atoms with E-state index in [1.54, 1.807) is 31.2 Å². The lowest BCUT2D eigenvalue weighted by Gasteiger charge is -2.23. The van der Waals surface area contributed by atoms with Crippen molar-refractivity contribution in [3.8, 4) is 0 Å². The summed E-state index contributed by atoms with van der Waals surface area (Å²) in [6.45, 7) is 1.92. The highest BCUT2D eigenvalue weighted by atomic mass is 35.5. The van der Waals surface area contributed by atoms with E-state index >= 15 is 0 Å². The summed E-state index contributed by atoms with van der Waals surface area (Å²) in [6, 6.07) is 8.68. The Morgan fingerprint density at radius 3 is 2.69 bits per heavy atom. The maximum atomic E-state index is 14.0. The Hall–Kier alpha value is -2.58. The van der Waals surface area contributed by atoms with E-state index in [-0.39, 0.29) is 42.1 Å². The molecule has 152 valence electrons. The third kappa shape index (κ3) is 5.07. The molecule has 0 spiro atoms. The Morgan fingerprint density at radius 1 is 1.21 bits per heavy atom. The molecule has 0 aliphatic carbocycles. The van der Waals surface area contributed by atoms with Gasteiger partial charge in [0.1, 0.15) is 16.6 Å². The first kappa shape index (κ1) is 21.1. The molecule has 3 rings (SSSR count). The van der Waals surface area contributed by atoms with E-state index in [1.165, 1.54) is 4.90 Å². The second kappa shape index (κ2) is 9.28. The zero-order valence-corrected chi connectivity index (χ0v) is 17.0. The van der Waals surface area contributed by atoms with Crippen LogP contribution in [0.25, 0.3) is 10.2 Å². The van der Waals surface area contributed by atoms with Crippen LogP contribution < -0.4 is 4.90 Å². The smallest absolute Gasteiger partial charge is 0.306 e. The van der Waals surface area contributed by atoms with Gasteiger partial charge in [-0.05, 0) is 19.1 Å². The Kier molecular flexibility index (Phi) is 6.76. The van der Waals surface area contributed by atoms with Gasteiger partial charge < -0.3 is 9.64 Å². The molecular weight excluding hydrogens is 422 g/mol. The van der Waals surface area contributed by atoms with Crippen molar-refractivity contribution in [3.63, 3.8) is 0 Å². The zero-order valence-electron chi connectivity index (χ0n) is 15.5. The Balaban J connectivity index is 1.89. The van der Waals surface area contributed by atoms with Gasteiger partial charge in [0.25, 0.3) is 0 Å². The highest BCUT2D eigenvalue weighted by molar-refractivity contribution is 7.18. The van der Waals surface area contributed by atoms with E-state index in [4.69, 9.17) is 16.3 Å². The van der Waals surface area contributed by atoms with Gasteiger partial charge in [-0.25, -0.2) is 13.8 Å². The summed E-state index contributed by atoms with van der Waals surface area (Å²) < 4.78 is 32.5. The van der Waals surface area contributed by atoms with Gasteiger partial charge >= 0.3 is 5.97 Å². The van der Waals surface area contributed by atoms with Crippen LogP contribution in [0, 0.1) is 11.6 Å². The molecule has 0 aliphatic heterocycles. The fourth-order valence-electron chi connectivity index (χ4n) is 2.76. The van der Waals surface area contributed by atoms with Crippen molar-refractivity contribution in [1.82, 2.24) is 4.98 Å². The third-order valence-electron chi connectivity index (χ3n) is 4.04. The number of anilines is 1. The van der Waals surface area contributed by atoms with Crippen LogP contribution in [0.5, 0.6) is 0 Å². The van der Waals surface area contributed by atoms with Crippen molar-refractivity contribution in [3.05, 3.63) is 58.1 Å². The molecule has 0 N–H and O–H groups in total. The van der Waals surface area contributed by atoms with Gasteiger partial charge in [-0.2, -0.15) is 0 Å². The summed E-state index contributed by atoms with van der Waals surface area (Å²) in [4.78, 5) is 30.1. The molecule has 1 amide bonds. The quantitative estimate of drug-likeness (QED) is 0.481. The Labute approximate surface area is 174 Å². The number of esters is 1. The van der Waals surface area contributed by atoms with Crippen LogP contribution in [0.3, 0.4) is 0 Å². The molecule has 0 unspecified atom stereocenters. The van der Waals surface area contributed by atoms with E-state index < -0.39 is 17.6 Å². The van der Waals surface area contributed by atoms with E-state index in [0.29, 0.717) is 15.7 Å². The summed E-state index contributed by atoms with van der Waals surface area (Å²) in [5, 5.41) is 0.754. The van der Waals surface area contributed by atoms with Crippen LogP contribution >= 0.6 is 22.9 Å². The van der Waals surface area contributed by atoms with Gasteiger partial charge in [0.05, 0.1) is 40.5 Å². The van der Waals surface area contributed by atoms with E-state index in [1.807, 2.05) is 0 Å². The third-order valence-corrected chi connectivity index (χ3v) is 5.42. The number of halogens is 3. The van der Waals surface area contributed by atoms with Gasteiger partial charge in [-0.3, -0.25) is 9.59 Å². The lowest BCUT2D eigenvalue weighted by atomic mass is 10.2. The van der Waals surface area contributed by atoms with Crippen LogP contribution in [0.2, 0.25) is 5.02 Å². The number of rotatable bonds is 7. The molecular formula is C20H17ClF2N2O3S. The molecule has 0 saturated heterocycles. The van der Waals surface area contributed by atoms with Gasteiger partial charge in [-0.1, -0.05) is 23.7 Å². The summed E-state index contributed by atoms with van der Waals surface area (Å²) in [5.41, 5.74) is 0.620. The largest absolute Gasteiger partial charge is 0.466 e. The average Bonchev–Trinajstić information content (AvgIpc) is 3.08. The van der Waals surface area contributed by atoms with Crippen molar-refractivity contribution < 1.29 is 23.1 Å². The van der Waals surface area contributed by atoms with Gasteiger partial charge in [-0.15, -0.1) is 11.3 Å². The van der Waals surface area contributed by atoms with Crippen LogP contribution in [0.15, 0.2) is 36.4 Å². The monoisotopic (exact) mass is 438 g/mol.